The van der Waals surface area contributed by atoms with Crippen LogP contribution in [0.2, 0.25) is 0 Å². The summed E-state index contributed by atoms with van der Waals surface area (Å²) in [6.45, 7) is 7.58. The molecule has 1 rings (SSSR count). The third kappa shape index (κ3) is 3.95. The van der Waals surface area contributed by atoms with Gasteiger partial charge in [0.2, 0.25) is 5.91 Å². The molecule has 4 nitrogen and oxygen atoms in total. The highest BCUT2D eigenvalue weighted by Gasteiger charge is 2.32. The first-order chi connectivity index (χ1) is 8.49. The van der Waals surface area contributed by atoms with Crippen LogP contribution in [0.5, 0.6) is 0 Å². The quantitative estimate of drug-likeness (QED) is 0.813. The van der Waals surface area contributed by atoms with Gasteiger partial charge in [-0.2, -0.15) is 0 Å². The van der Waals surface area contributed by atoms with Gasteiger partial charge in [0.15, 0.2) is 0 Å². The Morgan fingerprint density at radius 2 is 2.11 bits per heavy atom. The molecule has 4 heteroatoms. The van der Waals surface area contributed by atoms with E-state index in [0.29, 0.717) is 12.5 Å². The van der Waals surface area contributed by atoms with Gasteiger partial charge in [0.1, 0.15) is 0 Å². The van der Waals surface area contributed by atoms with Gasteiger partial charge >= 0.3 is 0 Å². The topological polar surface area (TPSA) is 55.6 Å². The number of methoxy groups -OCH3 is 1. The molecule has 0 bridgehead atoms. The van der Waals surface area contributed by atoms with Crippen LogP contribution in [-0.4, -0.2) is 43.2 Å². The molecular formula is C14H28N2O2. The summed E-state index contributed by atoms with van der Waals surface area (Å²) in [7, 11) is 1.67. The number of likely N-dealkylation sites (N-methyl/N-ethyl adjacent to an activating group) is 1. The van der Waals surface area contributed by atoms with E-state index in [2.05, 4.69) is 6.92 Å². The van der Waals surface area contributed by atoms with Gasteiger partial charge in [-0.3, -0.25) is 4.79 Å². The van der Waals surface area contributed by atoms with E-state index < -0.39 is 0 Å². The molecule has 0 aromatic carbocycles. The van der Waals surface area contributed by atoms with Crippen molar-refractivity contribution in [3.8, 4) is 0 Å². The van der Waals surface area contributed by atoms with Crippen LogP contribution >= 0.6 is 0 Å². The van der Waals surface area contributed by atoms with Crippen molar-refractivity contribution in [2.24, 2.45) is 17.6 Å². The number of nitrogens with two attached hydrogens (primary N) is 1. The first kappa shape index (κ1) is 15.4. The van der Waals surface area contributed by atoms with Gasteiger partial charge < -0.3 is 15.4 Å². The first-order valence-electron chi connectivity index (χ1n) is 7.04. The van der Waals surface area contributed by atoms with Crippen LogP contribution in [0.1, 0.15) is 40.0 Å². The molecule has 1 saturated carbocycles. The van der Waals surface area contributed by atoms with E-state index in [4.69, 9.17) is 10.5 Å². The Hall–Kier alpha value is -0.610. The lowest BCUT2D eigenvalue weighted by atomic mass is 9.79. The predicted octanol–water partition coefficient (Wildman–Crippen LogP) is 1.63. The van der Waals surface area contributed by atoms with Crippen molar-refractivity contribution in [1.82, 2.24) is 4.90 Å². The highest BCUT2D eigenvalue weighted by molar-refractivity contribution is 5.79. The second kappa shape index (κ2) is 7.10. The number of nitrogens with zero attached hydrogens (tertiary/aromatic N) is 1. The van der Waals surface area contributed by atoms with Crippen molar-refractivity contribution in [1.29, 1.82) is 0 Å². The average molecular weight is 256 g/mol. The Morgan fingerprint density at radius 1 is 1.44 bits per heavy atom. The van der Waals surface area contributed by atoms with E-state index in [1.807, 2.05) is 18.7 Å². The van der Waals surface area contributed by atoms with Gasteiger partial charge in [0, 0.05) is 25.6 Å². The number of carbonyl (C=O) groups excluding carboxylic acids is 1. The van der Waals surface area contributed by atoms with Crippen molar-refractivity contribution in [3.05, 3.63) is 0 Å². The lowest BCUT2D eigenvalue weighted by Gasteiger charge is -2.36. The normalized spacial score (nSPS) is 29.9. The van der Waals surface area contributed by atoms with E-state index in [1.54, 1.807) is 7.11 Å². The number of hydrogen-bond acceptors (Lipinski definition) is 3. The minimum absolute atomic E-state index is 0.100. The van der Waals surface area contributed by atoms with Crippen LogP contribution in [-0.2, 0) is 9.53 Å². The van der Waals surface area contributed by atoms with Crippen molar-refractivity contribution < 1.29 is 9.53 Å². The summed E-state index contributed by atoms with van der Waals surface area (Å²) in [4.78, 5) is 14.5. The molecule has 0 spiro atoms. The standard InChI is InChI=1S/C14H28N2O2/c1-5-16(11(3)9-18-4)14(17)12-6-10(2)7-13(15)8-12/h10-13H,5-9,15H2,1-4H3. The Labute approximate surface area is 111 Å². The van der Waals surface area contributed by atoms with E-state index in [0.717, 1.165) is 25.8 Å². The maximum absolute atomic E-state index is 12.6. The van der Waals surface area contributed by atoms with Crippen LogP contribution in [0.3, 0.4) is 0 Å². The Bertz CT molecular complexity index is 261. The number of ether oxygens (including phenoxy) is 1. The highest BCUT2D eigenvalue weighted by Crippen LogP contribution is 2.29. The summed E-state index contributed by atoms with van der Waals surface area (Å²) in [6, 6.07) is 0.320. The molecule has 0 aliphatic heterocycles. The molecule has 1 aliphatic rings. The van der Waals surface area contributed by atoms with Crippen molar-refractivity contribution >= 4 is 5.91 Å². The molecule has 1 amide bonds. The smallest absolute Gasteiger partial charge is 0.226 e. The van der Waals surface area contributed by atoms with Crippen LogP contribution in [0, 0.1) is 11.8 Å². The Morgan fingerprint density at radius 3 is 2.61 bits per heavy atom. The summed E-state index contributed by atoms with van der Waals surface area (Å²) in [5.41, 5.74) is 6.03. The first-order valence-corrected chi connectivity index (χ1v) is 7.04. The van der Waals surface area contributed by atoms with Crippen LogP contribution in [0.25, 0.3) is 0 Å². The Kier molecular flexibility index (Phi) is 6.09. The highest BCUT2D eigenvalue weighted by atomic mass is 16.5. The molecule has 0 radical (unpaired) electrons. The maximum Gasteiger partial charge on any atom is 0.226 e. The minimum Gasteiger partial charge on any atom is -0.383 e. The van der Waals surface area contributed by atoms with E-state index >= 15 is 0 Å². The predicted molar refractivity (Wildman–Crippen MR) is 73.2 cm³/mol. The largest absolute Gasteiger partial charge is 0.383 e. The number of carbonyl (C=O) groups is 1. The zero-order valence-corrected chi connectivity index (χ0v) is 12.2. The number of rotatable bonds is 5. The fraction of sp³-hybridized carbons (Fsp3) is 0.929. The average Bonchev–Trinajstić information content (AvgIpc) is 2.28. The molecule has 1 fully saturated rings. The second-order valence-corrected chi connectivity index (χ2v) is 5.70. The van der Waals surface area contributed by atoms with Crippen LogP contribution < -0.4 is 5.73 Å². The summed E-state index contributed by atoms with van der Waals surface area (Å²) in [5, 5.41) is 0. The Balaban J connectivity index is 2.65. The molecule has 18 heavy (non-hydrogen) atoms. The van der Waals surface area contributed by atoms with Gasteiger partial charge in [-0.1, -0.05) is 6.92 Å². The van der Waals surface area contributed by atoms with Crippen molar-refractivity contribution in [3.63, 3.8) is 0 Å². The maximum atomic E-state index is 12.6. The van der Waals surface area contributed by atoms with Crippen molar-refractivity contribution in [2.75, 3.05) is 20.3 Å². The minimum atomic E-state index is 0.100. The molecule has 2 N–H and O–H groups in total. The lowest BCUT2D eigenvalue weighted by Crippen LogP contribution is -2.47. The molecule has 106 valence electrons. The summed E-state index contributed by atoms with van der Waals surface area (Å²) < 4.78 is 5.15. The monoisotopic (exact) mass is 256 g/mol. The summed E-state index contributed by atoms with van der Waals surface area (Å²) in [6.07, 6.45) is 2.85. The number of hydrogen-bond donors (Lipinski definition) is 1. The third-order valence-electron chi connectivity index (χ3n) is 3.89. The molecule has 4 atom stereocenters. The van der Waals surface area contributed by atoms with Gasteiger partial charge in [-0.25, -0.2) is 0 Å². The van der Waals surface area contributed by atoms with Crippen LogP contribution in [0.4, 0.5) is 0 Å². The SMILES string of the molecule is CCN(C(=O)C1CC(C)CC(N)C1)C(C)COC. The lowest BCUT2D eigenvalue weighted by molar-refractivity contribution is -0.140. The summed E-state index contributed by atoms with van der Waals surface area (Å²) in [5.74, 6) is 0.909. The number of amides is 1. The zero-order valence-electron chi connectivity index (χ0n) is 12.2. The molecular weight excluding hydrogens is 228 g/mol. The molecule has 1 aliphatic carbocycles. The van der Waals surface area contributed by atoms with Crippen molar-refractivity contribution in [2.45, 2.75) is 52.1 Å². The summed E-state index contributed by atoms with van der Waals surface area (Å²) >= 11 is 0. The van der Waals surface area contributed by atoms with Crippen LogP contribution in [0.15, 0.2) is 0 Å². The van der Waals surface area contributed by atoms with Gasteiger partial charge in [0.25, 0.3) is 0 Å². The van der Waals surface area contributed by atoms with E-state index in [9.17, 15) is 4.79 Å². The molecule has 4 unspecified atom stereocenters. The van der Waals surface area contributed by atoms with Gasteiger partial charge in [-0.05, 0) is 39.0 Å². The molecule has 0 saturated heterocycles. The van der Waals surface area contributed by atoms with Gasteiger partial charge in [0.05, 0.1) is 12.6 Å². The van der Waals surface area contributed by atoms with E-state index in [-0.39, 0.29) is 23.9 Å². The third-order valence-corrected chi connectivity index (χ3v) is 3.89. The van der Waals surface area contributed by atoms with E-state index in [1.165, 1.54) is 0 Å². The zero-order chi connectivity index (χ0) is 13.7. The fourth-order valence-corrected chi connectivity index (χ4v) is 3.11. The molecule has 0 aromatic rings. The van der Waals surface area contributed by atoms with Gasteiger partial charge in [-0.15, -0.1) is 0 Å². The molecule has 0 heterocycles. The molecule has 0 aromatic heterocycles. The fourth-order valence-electron chi connectivity index (χ4n) is 3.11. The second-order valence-electron chi connectivity index (χ2n) is 5.70.